The van der Waals surface area contributed by atoms with Crippen LogP contribution in [0.2, 0.25) is 0 Å². The molecule has 0 unspecified atom stereocenters. The van der Waals surface area contributed by atoms with Gasteiger partial charge in [0.05, 0.1) is 5.69 Å². The largest absolute Gasteiger partial charge is 0.480 e. The molecular weight excluding hydrogens is 224 g/mol. The number of aryl methyl sites for hydroxylation is 1. The molecule has 0 aliphatic heterocycles. The number of carboxylic acid groups (broad SMARTS) is 1. The lowest BCUT2D eigenvalue weighted by molar-refractivity contribution is -0.138. The van der Waals surface area contributed by atoms with Gasteiger partial charge in [-0.25, -0.2) is 0 Å². The molecule has 0 atom stereocenters. The smallest absolute Gasteiger partial charge is 0.323 e. The van der Waals surface area contributed by atoms with Crippen molar-refractivity contribution in [3.63, 3.8) is 0 Å². The molecule has 1 aromatic rings. The summed E-state index contributed by atoms with van der Waals surface area (Å²) in [4.78, 5) is 24.1. The Labute approximate surface area is 99.2 Å². The van der Waals surface area contributed by atoms with E-state index in [0.717, 1.165) is 0 Å². The maximum atomic E-state index is 12.1. The van der Waals surface area contributed by atoms with Crippen LogP contribution in [0.25, 0.3) is 0 Å². The lowest BCUT2D eigenvalue weighted by Crippen LogP contribution is -2.48. The van der Waals surface area contributed by atoms with Crippen LogP contribution in [0.5, 0.6) is 0 Å². The number of carbonyl (C=O) groups excluding carboxylic acids is 1. The Kier molecular flexibility index (Phi) is 3.55. The molecule has 0 spiro atoms. The number of carboxylic acids is 1. The van der Waals surface area contributed by atoms with Crippen LogP contribution in [0.4, 0.5) is 0 Å². The quantitative estimate of drug-likeness (QED) is 0.861. The van der Waals surface area contributed by atoms with Crippen molar-refractivity contribution in [2.75, 3.05) is 6.54 Å². The molecule has 1 rings (SSSR count). The summed E-state index contributed by atoms with van der Waals surface area (Å²) < 4.78 is 4.85. The average molecular weight is 240 g/mol. The molecule has 0 bridgehead atoms. The Hall–Kier alpha value is -1.85. The Bertz CT molecular complexity index is 431. The van der Waals surface area contributed by atoms with Crippen LogP contribution in [0.15, 0.2) is 10.6 Å². The lowest BCUT2D eigenvalue weighted by Gasteiger charge is -2.33. The summed E-state index contributed by atoms with van der Waals surface area (Å²) >= 11 is 0. The van der Waals surface area contributed by atoms with Crippen molar-refractivity contribution in [3.05, 3.63) is 17.5 Å². The first-order chi connectivity index (χ1) is 7.71. The molecular formula is C11H16N2O4. The Morgan fingerprint density at radius 1 is 1.47 bits per heavy atom. The summed E-state index contributed by atoms with van der Waals surface area (Å²) in [5, 5.41) is 12.4. The van der Waals surface area contributed by atoms with Crippen molar-refractivity contribution in [1.82, 2.24) is 10.1 Å². The molecule has 1 heterocycles. The fraction of sp³-hybridized carbons (Fsp3) is 0.545. The molecule has 0 aliphatic rings. The van der Waals surface area contributed by atoms with Gasteiger partial charge in [0.2, 0.25) is 5.76 Å². The number of aliphatic carboxylic acids is 1. The lowest BCUT2D eigenvalue weighted by atomic mass is 10.1. The number of aromatic nitrogens is 1. The van der Waals surface area contributed by atoms with E-state index in [1.165, 1.54) is 11.0 Å². The van der Waals surface area contributed by atoms with Gasteiger partial charge in [-0.05, 0) is 27.7 Å². The first-order valence-electron chi connectivity index (χ1n) is 5.19. The molecule has 0 saturated heterocycles. The Morgan fingerprint density at radius 3 is 2.41 bits per heavy atom. The molecule has 0 aliphatic carbocycles. The van der Waals surface area contributed by atoms with E-state index < -0.39 is 17.4 Å². The van der Waals surface area contributed by atoms with Crippen LogP contribution in [0.3, 0.4) is 0 Å². The number of nitrogens with zero attached hydrogens (tertiary/aromatic N) is 2. The summed E-state index contributed by atoms with van der Waals surface area (Å²) in [5.74, 6) is -1.48. The summed E-state index contributed by atoms with van der Waals surface area (Å²) in [7, 11) is 0. The topological polar surface area (TPSA) is 83.6 Å². The van der Waals surface area contributed by atoms with Crippen LogP contribution >= 0.6 is 0 Å². The predicted molar refractivity (Wildman–Crippen MR) is 59.7 cm³/mol. The van der Waals surface area contributed by atoms with E-state index in [1.54, 1.807) is 27.7 Å². The number of hydrogen-bond donors (Lipinski definition) is 1. The highest BCUT2D eigenvalue weighted by Crippen LogP contribution is 2.17. The van der Waals surface area contributed by atoms with Gasteiger partial charge in [-0.3, -0.25) is 9.59 Å². The first-order valence-corrected chi connectivity index (χ1v) is 5.19. The zero-order valence-electron chi connectivity index (χ0n) is 10.4. The van der Waals surface area contributed by atoms with Gasteiger partial charge in [-0.2, -0.15) is 0 Å². The Balaban J connectivity index is 2.99. The van der Waals surface area contributed by atoms with Gasteiger partial charge in [0.15, 0.2) is 0 Å². The van der Waals surface area contributed by atoms with Gasteiger partial charge in [0.25, 0.3) is 5.91 Å². The minimum Gasteiger partial charge on any atom is -0.480 e. The average Bonchev–Trinajstić information content (AvgIpc) is 2.58. The summed E-state index contributed by atoms with van der Waals surface area (Å²) in [6.07, 6.45) is 0. The van der Waals surface area contributed by atoms with Crippen LogP contribution < -0.4 is 0 Å². The zero-order valence-corrected chi connectivity index (χ0v) is 10.4. The fourth-order valence-corrected chi connectivity index (χ4v) is 1.35. The highest BCUT2D eigenvalue weighted by Gasteiger charge is 2.31. The SMILES string of the molecule is Cc1cc(C(=O)N(CC(=O)O)C(C)(C)C)on1. The molecule has 17 heavy (non-hydrogen) atoms. The van der Waals surface area contributed by atoms with E-state index in [9.17, 15) is 9.59 Å². The number of rotatable bonds is 3. The van der Waals surface area contributed by atoms with Crippen LogP contribution in [-0.2, 0) is 4.79 Å². The number of carbonyl (C=O) groups is 2. The highest BCUT2D eigenvalue weighted by molar-refractivity contribution is 5.93. The zero-order chi connectivity index (χ0) is 13.2. The van der Waals surface area contributed by atoms with E-state index in [2.05, 4.69) is 5.16 Å². The third-order valence-electron chi connectivity index (χ3n) is 2.19. The maximum Gasteiger partial charge on any atom is 0.323 e. The maximum absolute atomic E-state index is 12.1. The van der Waals surface area contributed by atoms with Gasteiger partial charge >= 0.3 is 5.97 Å². The van der Waals surface area contributed by atoms with Crippen LogP contribution in [0.1, 0.15) is 37.0 Å². The molecule has 94 valence electrons. The second-order valence-electron chi connectivity index (χ2n) is 4.79. The predicted octanol–water partition coefficient (Wildman–Crippen LogP) is 1.31. The molecule has 0 fully saturated rings. The molecule has 1 amide bonds. The summed E-state index contributed by atoms with van der Waals surface area (Å²) in [6.45, 7) is 6.60. The third kappa shape index (κ3) is 3.30. The molecule has 0 radical (unpaired) electrons. The monoisotopic (exact) mass is 240 g/mol. The van der Waals surface area contributed by atoms with E-state index >= 15 is 0 Å². The minimum atomic E-state index is -1.07. The van der Waals surface area contributed by atoms with Crippen molar-refractivity contribution in [2.24, 2.45) is 0 Å². The Morgan fingerprint density at radius 2 is 2.06 bits per heavy atom. The fourth-order valence-electron chi connectivity index (χ4n) is 1.35. The van der Waals surface area contributed by atoms with Gasteiger partial charge < -0.3 is 14.5 Å². The number of hydrogen-bond acceptors (Lipinski definition) is 4. The van der Waals surface area contributed by atoms with Gasteiger partial charge in [0, 0.05) is 11.6 Å². The number of amides is 1. The van der Waals surface area contributed by atoms with Gasteiger partial charge in [0.1, 0.15) is 6.54 Å². The van der Waals surface area contributed by atoms with Crippen molar-refractivity contribution < 1.29 is 19.2 Å². The molecule has 1 N–H and O–H groups in total. The second-order valence-corrected chi connectivity index (χ2v) is 4.79. The van der Waals surface area contributed by atoms with Crippen molar-refractivity contribution in [1.29, 1.82) is 0 Å². The molecule has 0 saturated carbocycles. The highest BCUT2D eigenvalue weighted by atomic mass is 16.5. The second kappa shape index (κ2) is 4.57. The van der Waals surface area contributed by atoms with E-state index in [0.29, 0.717) is 5.69 Å². The van der Waals surface area contributed by atoms with E-state index in [4.69, 9.17) is 9.63 Å². The summed E-state index contributed by atoms with van der Waals surface area (Å²) in [5.41, 5.74) is -0.0200. The van der Waals surface area contributed by atoms with Crippen molar-refractivity contribution in [2.45, 2.75) is 33.2 Å². The summed E-state index contributed by atoms with van der Waals surface area (Å²) in [6, 6.07) is 1.49. The first kappa shape index (κ1) is 13.2. The van der Waals surface area contributed by atoms with Gasteiger partial charge in [-0.15, -0.1) is 0 Å². The standard InChI is InChI=1S/C11H16N2O4/c1-7-5-8(17-12-7)10(16)13(6-9(14)15)11(2,3)4/h5H,6H2,1-4H3,(H,14,15). The van der Waals surface area contributed by atoms with Crippen LogP contribution in [0, 0.1) is 6.92 Å². The molecule has 1 aromatic heterocycles. The van der Waals surface area contributed by atoms with E-state index in [1.807, 2.05) is 0 Å². The molecule has 0 aromatic carbocycles. The normalized spacial score (nSPS) is 11.3. The molecule has 6 nitrogen and oxygen atoms in total. The van der Waals surface area contributed by atoms with Crippen molar-refractivity contribution in [3.8, 4) is 0 Å². The van der Waals surface area contributed by atoms with Gasteiger partial charge in [-0.1, -0.05) is 5.16 Å². The van der Waals surface area contributed by atoms with Crippen LogP contribution in [-0.4, -0.2) is 39.1 Å². The molecule has 6 heteroatoms. The minimum absolute atomic E-state index is 0.0543. The van der Waals surface area contributed by atoms with Crippen molar-refractivity contribution >= 4 is 11.9 Å². The third-order valence-corrected chi connectivity index (χ3v) is 2.19. The van der Waals surface area contributed by atoms with E-state index in [-0.39, 0.29) is 12.3 Å².